The van der Waals surface area contributed by atoms with Crippen LogP contribution in [-0.2, 0) is 6.54 Å². The quantitative estimate of drug-likeness (QED) is 0.724. The predicted octanol–water partition coefficient (Wildman–Crippen LogP) is 0.445. The fourth-order valence-corrected chi connectivity index (χ4v) is 2.01. The summed E-state index contributed by atoms with van der Waals surface area (Å²) in [5, 5.41) is 19.0. The van der Waals surface area contributed by atoms with E-state index in [0.29, 0.717) is 12.5 Å². The molecule has 7 heteroatoms. The van der Waals surface area contributed by atoms with Crippen LogP contribution in [0.4, 0.5) is 5.82 Å². The average molecular weight is 246 g/mol. The Hall–Kier alpha value is -2.02. The molecule has 3 rings (SSSR count). The number of aromatic amines is 1. The smallest absolute Gasteiger partial charge is 0.143 e. The third-order valence-electron chi connectivity index (χ3n) is 3.12. The fourth-order valence-electron chi connectivity index (χ4n) is 2.01. The van der Waals surface area contributed by atoms with E-state index in [9.17, 15) is 5.11 Å². The lowest BCUT2D eigenvalue weighted by Gasteiger charge is -2.30. The number of hydrogen-bond donors (Lipinski definition) is 3. The topological polar surface area (TPSA) is 99.6 Å². The molecule has 0 unspecified atom stereocenters. The van der Waals surface area contributed by atoms with E-state index in [4.69, 9.17) is 0 Å². The van der Waals surface area contributed by atoms with Crippen LogP contribution in [0.25, 0.3) is 0 Å². The summed E-state index contributed by atoms with van der Waals surface area (Å²) in [4.78, 5) is 12.4. The van der Waals surface area contributed by atoms with Gasteiger partial charge in [0.05, 0.1) is 12.6 Å². The van der Waals surface area contributed by atoms with Crippen LogP contribution in [0, 0.1) is 0 Å². The van der Waals surface area contributed by atoms with Crippen molar-refractivity contribution >= 4 is 5.82 Å². The summed E-state index contributed by atoms with van der Waals surface area (Å²) >= 11 is 0. The van der Waals surface area contributed by atoms with Gasteiger partial charge in [-0.1, -0.05) is 0 Å². The molecule has 1 fully saturated rings. The maximum absolute atomic E-state index is 9.30. The van der Waals surface area contributed by atoms with Crippen molar-refractivity contribution in [3.8, 4) is 0 Å². The molecule has 0 spiro atoms. The second-order valence-corrected chi connectivity index (χ2v) is 4.44. The molecule has 3 N–H and O–H groups in total. The molecule has 0 bridgehead atoms. The Morgan fingerprint density at radius 1 is 1.28 bits per heavy atom. The second-order valence-electron chi connectivity index (χ2n) is 4.44. The Labute approximate surface area is 104 Å². The summed E-state index contributed by atoms with van der Waals surface area (Å²) in [5.41, 5.74) is 0.982. The third kappa shape index (κ3) is 2.30. The summed E-state index contributed by atoms with van der Waals surface area (Å²) in [6.07, 6.45) is 4.42. The molecular formula is C11H14N6O. The molecule has 0 atom stereocenters. The van der Waals surface area contributed by atoms with Crippen molar-refractivity contribution in [2.45, 2.75) is 31.4 Å². The van der Waals surface area contributed by atoms with Gasteiger partial charge in [0.15, 0.2) is 0 Å². The van der Waals surface area contributed by atoms with Gasteiger partial charge < -0.3 is 10.4 Å². The summed E-state index contributed by atoms with van der Waals surface area (Å²) in [7, 11) is 0. The fraction of sp³-hybridized carbons (Fsp3) is 0.455. The summed E-state index contributed by atoms with van der Waals surface area (Å²) in [6.45, 7) is 0.545. The van der Waals surface area contributed by atoms with Crippen LogP contribution in [0.3, 0.4) is 0 Å². The van der Waals surface area contributed by atoms with E-state index < -0.39 is 0 Å². The molecule has 1 saturated carbocycles. The molecule has 0 aliphatic heterocycles. The molecule has 2 aromatic rings. The van der Waals surface area contributed by atoms with E-state index in [-0.39, 0.29) is 6.10 Å². The van der Waals surface area contributed by atoms with E-state index in [1.54, 1.807) is 6.33 Å². The Morgan fingerprint density at radius 2 is 2.17 bits per heavy atom. The van der Waals surface area contributed by atoms with E-state index in [0.717, 1.165) is 30.2 Å². The maximum Gasteiger partial charge on any atom is 0.143 e. The zero-order chi connectivity index (χ0) is 12.4. The molecule has 2 heterocycles. The highest BCUT2D eigenvalue weighted by molar-refractivity contribution is 5.36. The normalized spacial score (nSPS) is 22.5. The highest BCUT2D eigenvalue weighted by atomic mass is 16.3. The second kappa shape index (κ2) is 4.69. The SMILES string of the molecule is OC1CC(c2cc(NCc3ncn[nH]3)ncn2)C1. The van der Waals surface area contributed by atoms with E-state index in [1.165, 1.54) is 6.33 Å². The number of hydrogen-bond acceptors (Lipinski definition) is 6. The van der Waals surface area contributed by atoms with Gasteiger partial charge in [-0.2, -0.15) is 5.10 Å². The molecule has 94 valence electrons. The molecule has 18 heavy (non-hydrogen) atoms. The monoisotopic (exact) mass is 246 g/mol. The van der Waals surface area contributed by atoms with Crippen molar-refractivity contribution in [3.63, 3.8) is 0 Å². The number of nitrogens with zero attached hydrogens (tertiary/aromatic N) is 4. The van der Waals surface area contributed by atoms with Crippen molar-refractivity contribution in [2.24, 2.45) is 0 Å². The lowest BCUT2D eigenvalue weighted by molar-refractivity contribution is 0.0732. The van der Waals surface area contributed by atoms with Crippen molar-refractivity contribution in [3.05, 3.63) is 30.2 Å². The molecule has 1 aliphatic carbocycles. The van der Waals surface area contributed by atoms with Gasteiger partial charge in [0, 0.05) is 17.7 Å². The highest BCUT2D eigenvalue weighted by Gasteiger charge is 2.29. The lowest BCUT2D eigenvalue weighted by Crippen LogP contribution is -2.27. The van der Waals surface area contributed by atoms with Crippen LogP contribution < -0.4 is 5.32 Å². The van der Waals surface area contributed by atoms with Gasteiger partial charge in [-0.3, -0.25) is 5.10 Å². The Kier molecular flexibility index (Phi) is 2.89. The third-order valence-corrected chi connectivity index (χ3v) is 3.12. The number of aromatic nitrogens is 5. The maximum atomic E-state index is 9.30. The summed E-state index contributed by atoms with van der Waals surface area (Å²) in [5.74, 6) is 1.88. The Bertz CT molecular complexity index is 508. The molecule has 1 aliphatic rings. The van der Waals surface area contributed by atoms with Crippen LogP contribution in [-0.4, -0.2) is 36.4 Å². The zero-order valence-corrected chi connectivity index (χ0v) is 9.74. The van der Waals surface area contributed by atoms with Crippen LogP contribution in [0.2, 0.25) is 0 Å². The predicted molar refractivity (Wildman–Crippen MR) is 63.7 cm³/mol. The number of rotatable bonds is 4. The van der Waals surface area contributed by atoms with E-state index in [2.05, 4.69) is 30.5 Å². The average Bonchev–Trinajstić information content (AvgIpc) is 2.86. The number of anilines is 1. The van der Waals surface area contributed by atoms with Gasteiger partial charge in [-0.25, -0.2) is 15.0 Å². The number of nitrogens with one attached hydrogen (secondary N) is 2. The molecule has 0 radical (unpaired) electrons. The Balaban J connectivity index is 1.64. The molecule has 2 aromatic heterocycles. The molecule has 0 aromatic carbocycles. The van der Waals surface area contributed by atoms with Crippen LogP contribution in [0.1, 0.15) is 30.3 Å². The van der Waals surface area contributed by atoms with Gasteiger partial charge in [0.1, 0.15) is 24.3 Å². The Morgan fingerprint density at radius 3 is 2.89 bits per heavy atom. The number of H-pyrrole nitrogens is 1. The molecule has 0 saturated heterocycles. The highest BCUT2D eigenvalue weighted by Crippen LogP contribution is 2.35. The van der Waals surface area contributed by atoms with Gasteiger partial charge in [0.2, 0.25) is 0 Å². The minimum Gasteiger partial charge on any atom is -0.393 e. The van der Waals surface area contributed by atoms with Crippen molar-refractivity contribution < 1.29 is 5.11 Å². The van der Waals surface area contributed by atoms with Gasteiger partial charge in [0.25, 0.3) is 0 Å². The van der Waals surface area contributed by atoms with Crippen molar-refractivity contribution in [2.75, 3.05) is 5.32 Å². The number of aliphatic hydroxyl groups is 1. The van der Waals surface area contributed by atoms with Gasteiger partial charge in [-0.15, -0.1) is 0 Å². The first-order valence-electron chi connectivity index (χ1n) is 5.89. The first-order chi connectivity index (χ1) is 8.81. The molecular weight excluding hydrogens is 232 g/mol. The van der Waals surface area contributed by atoms with E-state index >= 15 is 0 Å². The number of aliphatic hydroxyl groups excluding tert-OH is 1. The van der Waals surface area contributed by atoms with Crippen molar-refractivity contribution in [1.29, 1.82) is 0 Å². The summed E-state index contributed by atoms with van der Waals surface area (Å²) < 4.78 is 0. The minimum absolute atomic E-state index is 0.171. The van der Waals surface area contributed by atoms with Gasteiger partial charge in [-0.05, 0) is 12.8 Å². The molecule has 7 nitrogen and oxygen atoms in total. The van der Waals surface area contributed by atoms with Crippen LogP contribution in [0.5, 0.6) is 0 Å². The lowest BCUT2D eigenvalue weighted by atomic mass is 9.80. The van der Waals surface area contributed by atoms with E-state index in [1.807, 2.05) is 6.07 Å². The largest absolute Gasteiger partial charge is 0.393 e. The van der Waals surface area contributed by atoms with Crippen molar-refractivity contribution in [1.82, 2.24) is 25.1 Å². The standard InChI is InChI=1S/C11H14N6O/c18-8-1-7(2-8)9-3-10(14-5-13-9)12-4-11-15-6-16-17-11/h3,5-8,18H,1-2,4H2,(H,12,13,14)(H,15,16,17). The van der Waals surface area contributed by atoms with Gasteiger partial charge >= 0.3 is 0 Å². The summed E-state index contributed by atoms with van der Waals surface area (Å²) in [6, 6.07) is 1.92. The zero-order valence-electron chi connectivity index (χ0n) is 9.74. The van der Waals surface area contributed by atoms with Crippen LogP contribution in [0.15, 0.2) is 18.7 Å². The molecule has 0 amide bonds. The van der Waals surface area contributed by atoms with Crippen LogP contribution >= 0.6 is 0 Å². The first-order valence-corrected chi connectivity index (χ1v) is 5.89. The minimum atomic E-state index is -0.171. The first kappa shape index (κ1) is 11.1.